The number of carbonyl (C=O) groups is 1. The van der Waals surface area contributed by atoms with E-state index in [1.54, 1.807) is 24.3 Å². The summed E-state index contributed by atoms with van der Waals surface area (Å²) in [7, 11) is 1.50. The van der Waals surface area contributed by atoms with E-state index in [9.17, 15) is 27.9 Å². The highest BCUT2D eigenvalue weighted by atomic mass is 35.5. The zero-order chi connectivity index (χ0) is 29.7. The predicted molar refractivity (Wildman–Crippen MR) is 152 cm³/mol. The number of aliphatic hydroxyl groups excluding tert-OH is 1. The van der Waals surface area contributed by atoms with Crippen molar-refractivity contribution < 1.29 is 23.1 Å². The lowest BCUT2D eigenvalue weighted by molar-refractivity contribution is -0.135. The Kier molecular flexibility index (Phi) is 13.3. The van der Waals surface area contributed by atoms with Crippen molar-refractivity contribution in [2.45, 2.75) is 64.9 Å². The first kappa shape index (κ1) is 33.0. The number of nitrogens with zero attached hydrogens (tertiary/aromatic N) is 2. The van der Waals surface area contributed by atoms with Gasteiger partial charge in [-0.3, -0.25) is 19.5 Å². The maximum absolute atomic E-state index is 13.2. The van der Waals surface area contributed by atoms with Crippen LogP contribution in [-0.2, 0) is 17.8 Å². The first-order valence-electron chi connectivity index (χ1n) is 13.1. The third-order valence-electron chi connectivity index (χ3n) is 5.87. The number of alkyl halides is 3. The molecule has 0 fully saturated rings. The van der Waals surface area contributed by atoms with Crippen LogP contribution in [0.4, 0.5) is 13.2 Å². The number of hydrogen-bond acceptors (Lipinski definition) is 5. The second-order valence-electron chi connectivity index (χ2n) is 8.91. The molecule has 1 aromatic carbocycles. The third-order valence-corrected chi connectivity index (χ3v) is 6.12. The molecule has 1 aliphatic carbocycles. The van der Waals surface area contributed by atoms with E-state index >= 15 is 0 Å². The van der Waals surface area contributed by atoms with Gasteiger partial charge in [0.25, 0.3) is 5.56 Å². The molecule has 3 rings (SSSR count). The van der Waals surface area contributed by atoms with Crippen molar-refractivity contribution in [3.63, 3.8) is 0 Å². The number of halogens is 4. The van der Waals surface area contributed by atoms with Crippen LogP contribution >= 0.6 is 11.6 Å². The van der Waals surface area contributed by atoms with Crippen molar-refractivity contribution >= 4 is 17.5 Å². The van der Waals surface area contributed by atoms with Gasteiger partial charge in [-0.05, 0) is 36.1 Å². The molecule has 0 aliphatic heterocycles. The Morgan fingerprint density at radius 3 is 2.58 bits per heavy atom. The quantitative estimate of drug-likeness (QED) is 0.312. The molecule has 1 atom stereocenters. The zero-order valence-corrected chi connectivity index (χ0v) is 23.6. The molecule has 0 bridgehead atoms. The molecule has 1 amide bonds. The number of rotatable bonds is 11. The summed E-state index contributed by atoms with van der Waals surface area (Å²) in [5.74, 6) is 0.000586. The van der Waals surface area contributed by atoms with Crippen molar-refractivity contribution in [2.75, 3.05) is 13.6 Å². The zero-order valence-electron chi connectivity index (χ0n) is 22.9. The largest absolute Gasteiger partial charge is 0.389 e. The molecule has 2 aromatic rings. The average Bonchev–Trinajstić information content (AvgIpc) is 3.14. The summed E-state index contributed by atoms with van der Waals surface area (Å²) in [4.78, 5) is 29.2. The molecule has 1 aromatic heterocycles. The Bertz CT molecular complexity index is 1270. The van der Waals surface area contributed by atoms with Crippen LogP contribution < -0.4 is 16.2 Å². The normalized spacial score (nSPS) is 13.9. The van der Waals surface area contributed by atoms with Gasteiger partial charge in [-0.1, -0.05) is 61.9 Å². The van der Waals surface area contributed by atoms with E-state index in [0.29, 0.717) is 22.7 Å². The molecule has 3 N–H and O–H groups in total. The lowest BCUT2D eigenvalue weighted by Crippen LogP contribution is -2.38. The molecule has 0 saturated heterocycles. The smallest absolute Gasteiger partial charge is 0.378 e. The fraction of sp³-hybridized carbons (Fsp3) is 0.414. The Morgan fingerprint density at radius 2 is 1.93 bits per heavy atom. The Hall–Kier alpha value is -3.21. The van der Waals surface area contributed by atoms with E-state index in [2.05, 4.69) is 15.6 Å². The van der Waals surface area contributed by atoms with E-state index in [1.807, 2.05) is 38.2 Å². The summed E-state index contributed by atoms with van der Waals surface area (Å²) in [5.41, 5.74) is 2.21. The van der Waals surface area contributed by atoms with Gasteiger partial charge >= 0.3 is 6.18 Å². The van der Waals surface area contributed by atoms with Crippen LogP contribution in [0.1, 0.15) is 45.4 Å². The predicted octanol–water partition coefficient (Wildman–Crippen LogP) is 5.33. The number of amides is 1. The summed E-state index contributed by atoms with van der Waals surface area (Å²) in [6, 6.07) is 8.08. The van der Waals surface area contributed by atoms with Crippen LogP contribution in [0.3, 0.4) is 0 Å². The molecule has 1 unspecified atom stereocenters. The number of likely N-dealkylation sites (N-methyl/N-ethyl adjacent to an activating group) is 1. The minimum atomic E-state index is -4.31. The number of aromatic nitrogens is 2. The van der Waals surface area contributed by atoms with Crippen LogP contribution in [0.2, 0.25) is 5.02 Å². The van der Waals surface area contributed by atoms with Gasteiger partial charge in [0.05, 0.1) is 12.2 Å². The fourth-order valence-electron chi connectivity index (χ4n) is 3.94. The molecule has 1 aliphatic rings. The van der Waals surface area contributed by atoms with E-state index in [4.69, 9.17) is 11.6 Å². The first-order chi connectivity index (χ1) is 19.0. The van der Waals surface area contributed by atoms with Crippen molar-refractivity contribution in [1.29, 1.82) is 0 Å². The van der Waals surface area contributed by atoms with E-state index in [-0.39, 0.29) is 49.6 Å². The molecule has 40 heavy (non-hydrogen) atoms. The van der Waals surface area contributed by atoms with Crippen molar-refractivity contribution in [1.82, 2.24) is 20.2 Å². The van der Waals surface area contributed by atoms with Gasteiger partial charge in [-0.2, -0.15) is 13.2 Å². The Balaban J connectivity index is 0.00000274. The summed E-state index contributed by atoms with van der Waals surface area (Å²) in [6.45, 7) is 4.09. The van der Waals surface area contributed by atoms with E-state index in [0.717, 1.165) is 11.1 Å². The van der Waals surface area contributed by atoms with Gasteiger partial charge in [0, 0.05) is 49.5 Å². The second-order valence-corrected chi connectivity index (χ2v) is 9.34. The summed E-state index contributed by atoms with van der Waals surface area (Å²) in [5, 5.41) is 16.0. The minimum Gasteiger partial charge on any atom is -0.378 e. The maximum Gasteiger partial charge on any atom is 0.389 e. The number of benzene rings is 1. The highest BCUT2D eigenvalue weighted by molar-refractivity contribution is 6.30. The Labute approximate surface area is 237 Å². The molecule has 7 nitrogen and oxygen atoms in total. The van der Waals surface area contributed by atoms with Crippen LogP contribution in [0.5, 0.6) is 0 Å². The number of aryl methyl sites for hydroxylation is 1. The van der Waals surface area contributed by atoms with Crippen LogP contribution in [0.25, 0.3) is 11.3 Å². The second kappa shape index (κ2) is 16.2. The number of aliphatic hydroxyl groups is 1. The maximum atomic E-state index is 13.2. The molecule has 0 saturated carbocycles. The molecular weight excluding hydrogens is 545 g/mol. The lowest BCUT2D eigenvalue weighted by atomic mass is 10.1. The van der Waals surface area contributed by atoms with Crippen molar-refractivity contribution in [3.05, 3.63) is 87.0 Å². The first-order valence-corrected chi connectivity index (χ1v) is 13.5. The summed E-state index contributed by atoms with van der Waals surface area (Å²) in [6.07, 6.45) is 1.65. The van der Waals surface area contributed by atoms with E-state index in [1.165, 1.54) is 17.7 Å². The van der Waals surface area contributed by atoms with Crippen LogP contribution in [0.15, 0.2) is 70.6 Å². The van der Waals surface area contributed by atoms with Gasteiger partial charge < -0.3 is 10.4 Å². The average molecular weight is 581 g/mol. The highest BCUT2D eigenvalue weighted by Crippen LogP contribution is 2.24. The molecular formula is C29H36ClF3N4O3. The molecule has 0 radical (unpaired) electrons. The number of allylic oxidation sites excluding steroid dienone is 5. The van der Waals surface area contributed by atoms with Gasteiger partial charge in [-0.25, -0.2) is 4.98 Å². The standard InChI is InChI=1S/C27H30ClF3N4O3.C2H6/c1-32-25(37)16-33-24(36)14-18-5-2-3-6-19(13-18)17-35-23(7-4-12-27(29,30)31)34-22(15-26(35)38)20-8-10-21(28)11-9-20;1-2/h2-3,5,8-11,13,15,24,33,36H,4,6-7,12,14,16-17H2,1H3,(H,32,37);1-2H3. The topological polar surface area (TPSA) is 96.2 Å². The molecule has 0 spiro atoms. The molecule has 11 heteroatoms. The van der Waals surface area contributed by atoms with Gasteiger partial charge in [0.2, 0.25) is 5.91 Å². The van der Waals surface area contributed by atoms with Gasteiger partial charge in [0.15, 0.2) is 0 Å². The summed E-state index contributed by atoms with van der Waals surface area (Å²) >= 11 is 5.95. The van der Waals surface area contributed by atoms with E-state index < -0.39 is 18.8 Å². The number of nitrogens with one attached hydrogen (secondary N) is 2. The van der Waals surface area contributed by atoms with Crippen LogP contribution in [-0.4, -0.2) is 46.6 Å². The number of carbonyl (C=O) groups excluding carboxylic acids is 1. The van der Waals surface area contributed by atoms with Crippen LogP contribution in [0, 0.1) is 0 Å². The lowest BCUT2D eigenvalue weighted by Gasteiger charge is -2.17. The third kappa shape index (κ3) is 11.1. The molecule has 1 heterocycles. The number of hydrogen-bond donors (Lipinski definition) is 3. The highest BCUT2D eigenvalue weighted by Gasteiger charge is 2.26. The summed E-state index contributed by atoms with van der Waals surface area (Å²) < 4.78 is 39.9. The Morgan fingerprint density at radius 1 is 1.23 bits per heavy atom. The fourth-order valence-corrected chi connectivity index (χ4v) is 4.07. The molecule has 218 valence electrons. The van der Waals surface area contributed by atoms with Gasteiger partial charge in [0.1, 0.15) is 12.1 Å². The van der Waals surface area contributed by atoms with Gasteiger partial charge in [-0.15, -0.1) is 0 Å². The SMILES string of the molecule is CC.CNC(=O)CNC(O)CC1=CC=CCC(Cn2c(CCCC(F)(F)F)nc(-c3ccc(Cl)cc3)cc2=O)=C1. The minimum absolute atomic E-state index is 0.0237. The van der Waals surface area contributed by atoms with Crippen molar-refractivity contribution in [3.8, 4) is 11.3 Å². The van der Waals surface area contributed by atoms with Crippen molar-refractivity contribution in [2.24, 2.45) is 0 Å². The monoisotopic (exact) mass is 580 g/mol.